The SMILES string of the molecule is COc1cc(CN(CC(N)=O)c2nc3ccccc3s2)ccc1OCc1c(F)cccc1F. The first-order valence-corrected chi connectivity index (χ1v) is 10.9. The van der Waals surface area contributed by atoms with Gasteiger partial charge in [-0.2, -0.15) is 0 Å². The number of hydrogen-bond acceptors (Lipinski definition) is 6. The maximum atomic E-state index is 13.9. The maximum Gasteiger partial charge on any atom is 0.237 e. The fraction of sp³-hybridized carbons (Fsp3) is 0.167. The minimum Gasteiger partial charge on any atom is -0.493 e. The van der Waals surface area contributed by atoms with E-state index in [0.29, 0.717) is 23.2 Å². The number of nitrogens with two attached hydrogens (primary N) is 1. The highest BCUT2D eigenvalue weighted by Gasteiger charge is 2.17. The van der Waals surface area contributed by atoms with Gasteiger partial charge in [0.05, 0.1) is 29.4 Å². The summed E-state index contributed by atoms with van der Waals surface area (Å²) in [6.45, 7) is 0.0576. The largest absolute Gasteiger partial charge is 0.493 e. The number of amides is 1. The van der Waals surface area contributed by atoms with E-state index in [-0.39, 0.29) is 18.7 Å². The van der Waals surface area contributed by atoms with E-state index in [0.717, 1.165) is 15.8 Å². The Hall–Kier alpha value is -3.72. The van der Waals surface area contributed by atoms with Gasteiger partial charge in [-0.15, -0.1) is 0 Å². The lowest BCUT2D eigenvalue weighted by Gasteiger charge is -2.21. The van der Waals surface area contributed by atoms with Crippen LogP contribution in [-0.2, 0) is 17.9 Å². The van der Waals surface area contributed by atoms with Crippen molar-refractivity contribution in [3.8, 4) is 11.5 Å². The first kappa shape index (κ1) is 22.5. The van der Waals surface area contributed by atoms with Crippen molar-refractivity contribution in [1.29, 1.82) is 0 Å². The Kier molecular flexibility index (Phi) is 6.69. The number of carbonyl (C=O) groups is 1. The van der Waals surface area contributed by atoms with Gasteiger partial charge in [-0.3, -0.25) is 4.79 Å². The Morgan fingerprint density at radius 1 is 1.06 bits per heavy atom. The molecule has 0 atom stereocenters. The van der Waals surface area contributed by atoms with Gasteiger partial charge in [0.1, 0.15) is 18.2 Å². The number of ether oxygens (including phenoxy) is 2. The van der Waals surface area contributed by atoms with Gasteiger partial charge in [-0.1, -0.05) is 35.6 Å². The molecule has 0 aliphatic rings. The number of nitrogens with zero attached hydrogens (tertiary/aromatic N) is 2. The van der Waals surface area contributed by atoms with Crippen molar-refractivity contribution < 1.29 is 23.0 Å². The molecule has 0 aliphatic carbocycles. The second-order valence-electron chi connectivity index (χ2n) is 7.26. The quantitative estimate of drug-likeness (QED) is 0.386. The van der Waals surface area contributed by atoms with Gasteiger partial charge in [-0.05, 0) is 42.0 Å². The van der Waals surface area contributed by atoms with Gasteiger partial charge in [0.15, 0.2) is 16.6 Å². The number of rotatable bonds is 9. The molecule has 3 aromatic carbocycles. The van der Waals surface area contributed by atoms with E-state index in [1.54, 1.807) is 23.1 Å². The number of benzene rings is 3. The zero-order valence-electron chi connectivity index (χ0n) is 17.8. The van der Waals surface area contributed by atoms with E-state index in [1.165, 1.54) is 36.6 Å². The molecule has 0 spiro atoms. The van der Waals surface area contributed by atoms with E-state index in [9.17, 15) is 13.6 Å². The van der Waals surface area contributed by atoms with Crippen molar-refractivity contribution in [1.82, 2.24) is 4.98 Å². The third-order valence-electron chi connectivity index (χ3n) is 4.93. The average Bonchev–Trinajstić information content (AvgIpc) is 3.23. The lowest BCUT2D eigenvalue weighted by atomic mass is 10.2. The predicted molar refractivity (Wildman–Crippen MR) is 124 cm³/mol. The number of carbonyl (C=O) groups excluding carboxylic acids is 1. The number of para-hydroxylation sites is 1. The molecule has 0 unspecified atom stereocenters. The number of hydrogen-bond donors (Lipinski definition) is 1. The van der Waals surface area contributed by atoms with Crippen LogP contribution in [0.2, 0.25) is 0 Å². The highest BCUT2D eigenvalue weighted by atomic mass is 32.1. The van der Waals surface area contributed by atoms with Gasteiger partial charge in [0.2, 0.25) is 5.91 Å². The van der Waals surface area contributed by atoms with Crippen molar-refractivity contribution in [3.05, 3.63) is 83.4 Å². The van der Waals surface area contributed by atoms with Crippen LogP contribution in [-0.4, -0.2) is 24.5 Å². The fourth-order valence-electron chi connectivity index (χ4n) is 3.34. The molecular formula is C24H21F2N3O3S. The van der Waals surface area contributed by atoms with Crippen LogP contribution in [0.25, 0.3) is 10.2 Å². The summed E-state index contributed by atoms with van der Waals surface area (Å²) in [6, 6.07) is 16.6. The van der Waals surface area contributed by atoms with Crippen LogP contribution in [0.3, 0.4) is 0 Å². The molecule has 1 heterocycles. The number of anilines is 1. The van der Waals surface area contributed by atoms with Gasteiger partial charge >= 0.3 is 0 Å². The summed E-state index contributed by atoms with van der Waals surface area (Å²) in [4.78, 5) is 18.1. The Bertz CT molecular complexity index is 1240. The highest BCUT2D eigenvalue weighted by Crippen LogP contribution is 2.32. The zero-order chi connectivity index (χ0) is 23.4. The zero-order valence-corrected chi connectivity index (χ0v) is 18.6. The molecule has 0 bridgehead atoms. The third-order valence-corrected chi connectivity index (χ3v) is 6.03. The first-order valence-electron chi connectivity index (χ1n) is 10.1. The van der Waals surface area contributed by atoms with E-state index >= 15 is 0 Å². The van der Waals surface area contributed by atoms with Crippen molar-refractivity contribution in [3.63, 3.8) is 0 Å². The molecule has 0 radical (unpaired) electrons. The van der Waals surface area contributed by atoms with Crippen LogP contribution in [0.1, 0.15) is 11.1 Å². The van der Waals surface area contributed by atoms with Crippen LogP contribution >= 0.6 is 11.3 Å². The lowest BCUT2D eigenvalue weighted by Crippen LogP contribution is -2.33. The van der Waals surface area contributed by atoms with E-state index in [2.05, 4.69) is 4.98 Å². The molecular weight excluding hydrogens is 448 g/mol. The van der Waals surface area contributed by atoms with Gasteiger partial charge < -0.3 is 20.1 Å². The molecule has 4 rings (SSSR count). The Morgan fingerprint density at radius 3 is 2.52 bits per heavy atom. The number of aromatic nitrogens is 1. The van der Waals surface area contributed by atoms with Crippen molar-refractivity contribution in [2.45, 2.75) is 13.2 Å². The molecule has 2 N–H and O–H groups in total. The summed E-state index contributed by atoms with van der Waals surface area (Å²) in [5, 5.41) is 0.671. The monoisotopic (exact) mass is 469 g/mol. The normalized spacial score (nSPS) is 10.9. The lowest BCUT2D eigenvalue weighted by molar-refractivity contribution is -0.116. The molecule has 6 nitrogen and oxygen atoms in total. The second-order valence-corrected chi connectivity index (χ2v) is 8.27. The molecule has 0 aliphatic heterocycles. The smallest absolute Gasteiger partial charge is 0.237 e. The van der Waals surface area contributed by atoms with Gasteiger partial charge in [0, 0.05) is 6.54 Å². The van der Waals surface area contributed by atoms with Crippen molar-refractivity contribution in [2.24, 2.45) is 5.73 Å². The summed E-state index contributed by atoms with van der Waals surface area (Å²) >= 11 is 1.47. The van der Waals surface area contributed by atoms with Crippen LogP contribution < -0.4 is 20.1 Å². The van der Waals surface area contributed by atoms with Crippen molar-refractivity contribution >= 4 is 32.6 Å². The average molecular weight is 470 g/mol. The summed E-state index contributed by atoms with van der Waals surface area (Å²) in [5.41, 5.74) is 6.97. The standard InChI is InChI=1S/C24H21F2N3O3S/c1-31-21-11-15(9-10-20(21)32-14-16-17(25)5-4-6-18(16)26)12-29(13-23(27)30)24-28-19-7-2-3-8-22(19)33-24/h2-11H,12-14H2,1H3,(H2,27,30). The molecule has 1 amide bonds. The summed E-state index contributed by atoms with van der Waals surface area (Å²) in [5.74, 6) is -1.10. The minimum absolute atomic E-state index is 0.00699. The summed E-state index contributed by atoms with van der Waals surface area (Å²) in [7, 11) is 1.48. The molecule has 9 heteroatoms. The molecule has 0 fully saturated rings. The summed E-state index contributed by atoms with van der Waals surface area (Å²) < 4.78 is 39.8. The number of halogens is 2. The second kappa shape index (κ2) is 9.83. The topological polar surface area (TPSA) is 77.7 Å². The molecule has 4 aromatic rings. The predicted octanol–water partition coefficient (Wildman–Crippen LogP) is 4.65. The Balaban J connectivity index is 1.55. The third kappa shape index (κ3) is 5.20. The highest BCUT2D eigenvalue weighted by molar-refractivity contribution is 7.22. The molecule has 0 saturated heterocycles. The van der Waals surface area contributed by atoms with Gasteiger partial charge in [0.25, 0.3) is 0 Å². The number of fused-ring (bicyclic) bond motifs is 1. The Labute approximate surface area is 193 Å². The molecule has 1 aromatic heterocycles. The molecule has 170 valence electrons. The van der Waals surface area contributed by atoms with E-state index in [1.807, 2.05) is 24.3 Å². The van der Waals surface area contributed by atoms with E-state index < -0.39 is 17.5 Å². The summed E-state index contributed by atoms with van der Waals surface area (Å²) in [6.07, 6.45) is 0. The number of thiazole rings is 1. The van der Waals surface area contributed by atoms with Crippen LogP contribution in [0.15, 0.2) is 60.7 Å². The maximum absolute atomic E-state index is 13.9. The first-order chi connectivity index (χ1) is 15.9. The van der Waals surface area contributed by atoms with E-state index in [4.69, 9.17) is 15.2 Å². The number of primary amides is 1. The fourth-order valence-corrected chi connectivity index (χ4v) is 4.31. The van der Waals surface area contributed by atoms with Gasteiger partial charge in [-0.25, -0.2) is 13.8 Å². The van der Waals surface area contributed by atoms with Crippen LogP contribution in [0, 0.1) is 11.6 Å². The van der Waals surface area contributed by atoms with Crippen LogP contribution in [0.5, 0.6) is 11.5 Å². The van der Waals surface area contributed by atoms with Crippen LogP contribution in [0.4, 0.5) is 13.9 Å². The molecule has 33 heavy (non-hydrogen) atoms. The van der Waals surface area contributed by atoms with Crippen molar-refractivity contribution in [2.75, 3.05) is 18.6 Å². The Morgan fingerprint density at radius 2 is 1.82 bits per heavy atom. The molecule has 0 saturated carbocycles. The number of methoxy groups -OCH3 is 1. The minimum atomic E-state index is -0.677.